The number of hydrogen-bond donors (Lipinski definition) is 2. The molecule has 5 aromatic carbocycles. The number of carbonyl (C=O) groups excluding carboxylic acids is 8. The minimum atomic E-state index is -3.11. The van der Waals surface area contributed by atoms with Crippen LogP contribution in [0, 0.1) is 19.3 Å². The van der Waals surface area contributed by atoms with Gasteiger partial charge in [0.2, 0.25) is 11.8 Å². The predicted octanol–water partition coefficient (Wildman–Crippen LogP) is 4.88. The van der Waals surface area contributed by atoms with Crippen molar-refractivity contribution in [1.82, 2.24) is 10.2 Å². The molecule has 4 atom stereocenters. The number of anilines is 3. The molecule has 0 aliphatic carbocycles. The molecule has 0 unspecified atom stereocenters. The van der Waals surface area contributed by atoms with Crippen LogP contribution in [0.3, 0.4) is 0 Å². The maximum atomic E-state index is 14.2. The number of rotatable bonds is 22. The minimum Gasteiger partial charge on any atom is -0.493 e. The van der Waals surface area contributed by atoms with Crippen molar-refractivity contribution in [2.75, 3.05) is 28.8 Å². The zero-order chi connectivity index (χ0) is 59.8. The number of fused-ring (bicyclic) bond motifs is 8. The van der Waals surface area contributed by atoms with Crippen molar-refractivity contribution in [1.29, 1.82) is 0 Å². The van der Waals surface area contributed by atoms with Crippen LogP contribution in [0.1, 0.15) is 125 Å². The number of amides is 6. The van der Waals surface area contributed by atoms with Crippen LogP contribution in [0.25, 0.3) is 0 Å². The minimum absolute atomic E-state index is 0. The number of ether oxygens (including phenoxy) is 3. The third-order valence-electron chi connectivity index (χ3n) is 15.9. The molecule has 0 bridgehead atoms. The molecular weight excluding hydrogens is 1120 g/mol. The smallest absolute Gasteiger partial charge is 0.493 e. The summed E-state index contributed by atoms with van der Waals surface area (Å²) in [5, 5.41) is 5.74. The molecule has 0 aromatic heterocycles. The summed E-state index contributed by atoms with van der Waals surface area (Å²) in [6.07, 6.45) is 9.96. The summed E-state index contributed by atoms with van der Waals surface area (Å²) in [4.78, 5) is 109. The van der Waals surface area contributed by atoms with Gasteiger partial charge in [-0.15, -0.1) is 12.6 Å². The van der Waals surface area contributed by atoms with Gasteiger partial charge in [0, 0.05) is 84.5 Å². The van der Waals surface area contributed by atoms with Gasteiger partial charge >= 0.3 is 40.2 Å². The van der Waals surface area contributed by atoms with Gasteiger partial charge in [0.1, 0.15) is 24.7 Å². The molecule has 10 rings (SSSR count). The first-order valence-electron chi connectivity index (χ1n) is 28.2. The van der Waals surface area contributed by atoms with Gasteiger partial charge in [-0.2, -0.15) is 6.42 Å². The van der Waals surface area contributed by atoms with E-state index in [-0.39, 0.29) is 128 Å². The summed E-state index contributed by atoms with van der Waals surface area (Å²) < 4.78 is 44.2. The molecule has 5 heterocycles. The molecule has 0 spiro atoms. The number of hydrogen-bond acceptors (Lipinski definition) is 14. The average molecular weight is 1180 g/mol. The number of nitrogens with zero attached hydrogens (tertiary/aromatic N) is 3. The van der Waals surface area contributed by atoms with Gasteiger partial charge in [0.25, 0.3) is 23.6 Å². The van der Waals surface area contributed by atoms with Gasteiger partial charge < -0.3 is 41.1 Å². The molecule has 438 valence electrons. The van der Waals surface area contributed by atoms with E-state index in [1.54, 1.807) is 26.0 Å². The van der Waals surface area contributed by atoms with Crippen molar-refractivity contribution >= 4 is 74.7 Å². The van der Waals surface area contributed by atoms with E-state index in [0.717, 1.165) is 57.8 Å². The standard InChI is InChI=1S/C64H66N5O11.Na.O3S/c1-38-26-51-43(19-21-48-31-45-12-5-8-16-53(45)68(48)63(51)76)33-56(38)79-36-41-28-42(37-80-58-34-44-20-22-49-32-46-13-6-9-17-54(46)69(49)64(77)52(44)35-57(58)78-4)30-47(29-41)66-62(75)39(2)27-55(71)40(3)65-59(72)18-10-7-14-50(70)15-11-25-67-60(73)23-24-61(67)74;;1-4(2)3/h5-6,8-9,12-13,16-17,22-24,26,28-30,33-35,39-40,48-49H,7,10-11,14-15,18-21,25,27,31-32,36-37H2,1-4H3,(H,65,72)(H,66,75);;/q-1;+1;/t39-,40+,48-,49-;;/m1../s1. The molecule has 0 saturated heterocycles. The third-order valence-corrected chi connectivity index (χ3v) is 15.9. The Morgan fingerprint density at radius 2 is 1.28 bits per heavy atom. The van der Waals surface area contributed by atoms with Gasteiger partial charge in [0.15, 0.2) is 17.3 Å². The second-order valence-corrected chi connectivity index (χ2v) is 22.2. The fourth-order valence-corrected chi connectivity index (χ4v) is 11.6. The summed E-state index contributed by atoms with van der Waals surface area (Å²) >= 11 is 0. The van der Waals surface area contributed by atoms with E-state index in [0.29, 0.717) is 77.3 Å². The molecule has 0 saturated carbocycles. The van der Waals surface area contributed by atoms with Crippen LogP contribution in [-0.2, 0) is 78.3 Å². The second kappa shape index (κ2) is 28.4. The summed E-state index contributed by atoms with van der Waals surface area (Å²) in [7, 11) is -1.58. The Morgan fingerprint density at radius 3 is 1.96 bits per heavy atom. The summed E-state index contributed by atoms with van der Waals surface area (Å²) in [5.74, 6) is -1.25. The van der Waals surface area contributed by atoms with Gasteiger partial charge in [-0.05, 0) is 147 Å². The third kappa shape index (κ3) is 15.2. The van der Waals surface area contributed by atoms with Crippen LogP contribution < -0.4 is 64.2 Å². The average Bonchev–Trinajstić information content (AvgIpc) is 2.24. The Morgan fingerprint density at radius 1 is 0.694 bits per heavy atom. The Hall–Kier alpha value is -7.78. The number of Topliss-reactive ketones (excluding diaryl/α,β-unsaturated/α-hetero) is 2. The molecular formula is C64H66N5NaO14S. The number of aryl methyl sites for hydroxylation is 2. The molecule has 5 aromatic rings. The van der Waals surface area contributed by atoms with E-state index >= 15 is 0 Å². The second-order valence-electron chi connectivity index (χ2n) is 21.8. The molecule has 6 amide bonds. The first-order valence-corrected chi connectivity index (χ1v) is 29.2. The van der Waals surface area contributed by atoms with Gasteiger partial charge in [0.05, 0.1) is 13.2 Å². The number of benzene rings is 5. The number of methoxy groups -OCH3 is 1. The van der Waals surface area contributed by atoms with Crippen molar-refractivity contribution in [2.45, 2.75) is 129 Å². The number of nitrogens with one attached hydrogen (secondary N) is 2. The van der Waals surface area contributed by atoms with E-state index in [2.05, 4.69) is 29.2 Å². The molecule has 5 aliphatic rings. The molecule has 85 heavy (non-hydrogen) atoms. The van der Waals surface area contributed by atoms with Crippen molar-refractivity contribution < 1.29 is 94.8 Å². The van der Waals surface area contributed by atoms with Gasteiger partial charge in [-0.1, -0.05) is 54.9 Å². The van der Waals surface area contributed by atoms with E-state index in [9.17, 15) is 38.4 Å². The quantitative estimate of drug-likeness (QED) is 0.0406. The topological polar surface area (TPSA) is 249 Å². The van der Waals surface area contributed by atoms with Crippen LogP contribution in [0.2, 0.25) is 0 Å². The SMILES string of the molecule is COc1cc2c(cc1OCc1cc(COc3cc4c(cc3C)C(=O)N3c5ccccc5C[C@H]3CC4)cc(NC(=O)[C@H](C)CC(=O)[C@H](C)NC(=O)CCCCC(=O)CCCN3C(=O)C=CC3=O)c1)C[CH-][C@@H]1Cc3ccccc3N1C2=O.O=S(=O)=O.[Na+]. The summed E-state index contributed by atoms with van der Waals surface area (Å²) in [5.41, 5.74) is 9.83. The van der Waals surface area contributed by atoms with E-state index in [4.69, 9.17) is 26.8 Å². The number of imide groups is 1. The summed E-state index contributed by atoms with van der Waals surface area (Å²) in [6, 6.07) is 28.3. The van der Waals surface area contributed by atoms with E-state index < -0.39 is 28.5 Å². The van der Waals surface area contributed by atoms with Crippen molar-refractivity contribution in [3.63, 3.8) is 0 Å². The largest absolute Gasteiger partial charge is 1.00 e. The number of ketones is 2. The van der Waals surface area contributed by atoms with Crippen LogP contribution in [0.15, 0.2) is 103 Å². The van der Waals surface area contributed by atoms with Gasteiger partial charge in [-0.25, -0.2) is 0 Å². The maximum absolute atomic E-state index is 14.2. The van der Waals surface area contributed by atoms with Crippen LogP contribution >= 0.6 is 0 Å². The molecule has 21 heteroatoms. The van der Waals surface area contributed by atoms with Crippen LogP contribution in [0.5, 0.6) is 17.2 Å². The molecule has 5 aliphatic heterocycles. The van der Waals surface area contributed by atoms with Crippen molar-refractivity contribution in [2.24, 2.45) is 5.92 Å². The zero-order valence-electron chi connectivity index (χ0n) is 48.3. The molecule has 19 nitrogen and oxygen atoms in total. The first-order chi connectivity index (χ1) is 40.3. The van der Waals surface area contributed by atoms with E-state index in [1.807, 2.05) is 83.5 Å². The number of unbranched alkanes of at least 4 members (excludes halogenated alkanes) is 1. The Balaban J connectivity index is 0.00000182. The predicted molar refractivity (Wildman–Crippen MR) is 310 cm³/mol. The maximum Gasteiger partial charge on any atom is 1.00 e. The fraction of sp³-hybridized carbons (Fsp3) is 0.359. The fourth-order valence-electron chi connectivity index (χ4n) is 11.6. The van der Waals surface area contributed by atoms with Crippen LogP contribution in [0.4, 0.5) is 17.1 Å². The summed E-state index contributed by atoms with van der Waals surface area (Å²) in [6.45, 7) is 5.50. The number of carbonyl (C=O) groups is 8. The monoisotopic (exact) mass is 1180 g/mol. The zero-order valence-corrected chi connectivity index (χ0v) is 51.1. The molecule has 0 radical (unpaired) electrons. The Bertz CT molecular complexity index is 3580. The van der Waals surface area contributed by atoms with E-state index in [1.165, 1.54) is 24.8 Å². The van der Waals surface area contributed by atoms with Crippen molar-refractivity contribution in [3.05, 3.63) is 160 Å². The Labute approximate surface area is 517 Å². The Kier molecular flexibility index (Phi) is 21.1. The van der Waals surface area contributed by atoms with Crippen LogP contribution in [-0.4, -0.2) is 96.3 Å². The number of para-hydroxylation sites is 2. The normalized spacial score (nSPS) is 16.8. The van der Waals surface area contributed by atoms with Crippen molar-refractivity contribution in [3.8, 4) is 17.2 Å². The van der Waals surface area contributed by atoms with Gasteiger partial charge in [-0.3, -0.25) is 43.3 Å². The molecule has 2 N–H and O–H groups in total. The molecule has 0 fully saturated rings. The first kappa shape index (κ1) is 63.2.